The second-order valence-electron chi connectivity index (χ2n) is 5.63. The van der Waals surface area contributed by atoms with Crippen molar-refractivity contribution in [2.24, 2.45) is 0 Å². The van der Waals surface area contributed by atoms with Gasteiger partial charge in [-0.1, -0.05) is 42.5 Å². The van der Waals surface area contributed by atoms with Crippen molar-refractivity contribution in [1.29, 1.82) is 0 Å². The summed E-state index contributed by atoms with van der Waals surface area (Å²) in [7, 11) is 0. The monoisotopic (exact) mass is 349 g/mol. The van der Waals surface area contributed by atoms with E-state index in [9.17, 15) is 0 Å². The Bertz CT molecular complexity index is 864. The maximum absolute atomic E-state index is 5.93. The quantitative estimate of drug-likeness (QED) is 0.675. The van der Waals surface area contributed by atoms with E-state index in [1.807, 2.05) is 73.7 Å². The lowest BCUT2D eigenvalue weighted by atomic mass is 10.2. The van der Waals surface area contributed by atoms with Crippen molar-refractivity contribution in [2.45, 2.75) is 13.5 Å². The Morgan fingerprint density at radius 3 is 2.36 bits per heavy atom. The molecule has 0 aliphatic rings. The van der Waals surface area contributed by atoms with Gasteiger partial charge < -0.3 is 15.8 Å². The van der Waals surface area contributed by atoms with Crippen LogP contribution in [0.1, 0.15) is 16.8 Å². The summed E-state index contributed by atoms with van der Waals surface area (Å²) in [4.78, 5) is 4.83. The van der Waals surface area contributed by atoms with Gasteiger partial charge in [0.15, 0.2) is 0 Å². The van der Waals surface area contributed by atoms with Gasteiger partial charge in [0.2, 0.25) is 0 Å². The van der Waals surface area contributed by atoms with E-state index in [-0.39, 0.29) is 0 Å². The molecule has 1 aromatic heterocycles. The van der Waals surface area contributed by atoms with Gasteiger partial charge in [-0.05, 0) is 48.9 Å². The number of ether oxygens (including phenoxy) is 1. The summed E-state index contributed by atoms with van der Waals surface area (Å²) in [5, 5.41) is 3.22. The van der Waals surface area contributed by atoms with Crippen LogP contribution in [0.5, 0.6) is 11.5 Å². The summed E-state index contributed by atoms with van der Waals surface area (Å²) >= 11 is 5.41. The number of aryl methyl sites for hydroxylation is 1. The van der Waals surface area contributed by atoms with E-state index in [1.54, 1.807) is 0 Å². The van der Waals surface area contributed by atoms with Gasteiger partial charge in [-0.3, -0.25) is 0 Å². The minimum absolute atomic E-state index is 0.448. The van der Waals surface area contributed by atoms with Gasteiger partial charge in [-0.2, -0.15) is 0 Å². The van der Waals surface area contributed by atoms with Gasteiger partial charge >= 0.3 is 0 Å². The van der Waals surface area contributed by atoms with Crippen molar-refractivity contribution in [3.8, 4) is 11.5 Å². The molecule has 0 saturated carbocycles. The van der Waals surface area contributed by atoms with Crippen molar-refractivity contribution in [3.05, 3.63) is 83.6 Å². The van der Waals surface area contributed by atoms with Crippen LogP contribution in [0.15, 0.2) is 66.7 Å². The number of aromatic nitrogens is 1. The highest BCUT2D eigenvalue weighted by Crippen LogP contribution is 2.21. The van der Waals surface area contributed by atoms with Crippen LogP contribution in [0.4, 0.5) is 5.82 Å². The van der Waals surface area contributed by atoms with E-state index >= 15 is 0 Å². The lowest BCUT2D eigenvalue weighted by Gasteiger charge is -2.11. The Morgan fingerprint density at radius 2 is 1.68 bits per heavy atom. The third kappa shape index (κ3) is 4.55. The highest BCUT2D eigenvalue weighted by atomic mass is 32.1. The number of nitrogen functional groups attached to an aromatic ring is 1. The van der Waals surface area contributed by atoms with Gasteiger partial charge in [-0.25, -0.2) is 4.98 Å². The number of hydrogen-bond acceptors (Lipinski definition) is 4. The molecule has 0 radical (unpaired) electrons. The molecule has 3 rings (SSSR count). The summed E-state index contributed by atoms with van der Waals surface area (Å²) in [6, 6.07) is 21.4. The zero-order valence-electron chi connectivity index (χ0n) is 13.9. The van der Waals surface area contributed by atoms with Crippen LogP contribution in [0, 0.1) is 6.92 Å². The Labute approximate surface area is 152 Å². The highest BCUT2D eigenvalue weighted by molar-refractivity contribution is 7.80. The van der Waals surface area contributed by atoms with Crippen LogP contribution in [0.3, 0.4) is 0 Å². The van der Waals surface area contributed by atoms with Gasteiger partial charge in [0.25, 0.3) is 0 Å². The molecule has 0 bridgehead atoms. The minimum atomic E-state index is 0.448. The van der Waals surface area contributed by atoms with Gasteiger partial charge in [0.1, 0.15) is 22.3 Å². The van der Waals surface area contributed by atoms with Crippen molar-refractivity contribution >= 4 is 23.0 Å². The first-order valence-corrected chi connectivity index (χ1v) is 8.36. The molecule has 2 aromatic carbocycles. The molecule has 0 aliphatic heterocycles. The van der Waals surface area contributed by atoms with Crippen LogP contribution >= 0.6 is 12.2 Å². The number of para-hydroxylation sites is 1. The van der Waals surface area contributed by atoms with Gasteiger partial charge in [-0.15, -0.1) is 0 Å². The first kappa shape index (κ1) is 16.9. The average Bonchev–Trinajstić information content (AvgIpc) is 2.62. The molecule has 1 heterocycles. The smallest absolute Gasteiger partial charge is 0.133 e. The third-order valence-electron chi connectivity index (χ3n) is 3.66. The van der Waals surface area contributed by atoms with Crippen molar-refractivity contribution < 1.29 is 4.74 Å². The van der Waals surface area contributed by atoms with E-state index in [4.69, 9.17) is 22.7 Å². The molecule has 0 aliphatic carbocycles. The number of nitrogens with one attached hydrogen (secondary N) is 1. The molecule has 25 heavy (non-hydrogen) atoms. The van der Waals surface area contributed by atoms with E-state index in [0.717, 1.165) is 28.3 Å². The number of thiocarbonyl (C=S) groups is 1. The number of pyridine rings is 1. The SMILES string of the molecule is Cc1ccc(C(=S)NCc2ccc(Oc3ccccc3)cc2)c(N)n1. The predicted molar refractivity (Wildman–Crippen MR) is 105 cm³/mol. The number of benzene rings is 2. The summed E-state index contributed by atoms with van der Waals surface area (Å²) in [6.45, 7) is 2.51. The molecule has 4 nitrogen and oxygen atoms in total. The largest absolute Gasteiger partial charge is 0.457 e. The number of rotatable bonds is 5. The molecule has 0 spiro atoms. The van der Waals surface area contributed by atoms with Crippen LogP contribution in [-0.4, -0.2) is 9.97 Å². The van der Waals surface area contributed by atoms with Crippen LogP contribution in [0.25, 0.3) is 0 Å². The molecule has 0 fully saturated rings. The highest BCUT2D eigenvalue weighted by Gasteiger charge is 2.07. The van der Waals surface area contributed by atoms with Crippen LogP contribution < -0.4 is 15.8 Å². The van der Waals surface area contributed by atoms with Gasteiger partial charge in [0.05, 0.1) is 5.56 Å². The Kier molecular flexibility index (Phi) is 5.26. The second-order valence-corrected chi connectivity index (χ2v) is 6.04. The fraction of sp³-hybridized carbons (Fsp3) is 0.100. The van der Waals surface area contributed by atoms with E-state index in [1.165, 1.54) is 0 Å². The summed E-state index contributed by atoms with van der Waals surface area (Å²) < 4.78 is 5.78. The van der Waals surface area contributed by atoms with E-state index < -0.39 is 0 Å². The zero-order valence-corrected chi connectivity index (χ0v) is 14.7. The van der Waals surface area contributed by atoms with Gasteiger partial charge in [0, 0.05) is 12.2 Å². The lowest BCUT2D eigenvalue weighted by Crippen LogP contribution is -2.23. The molecule has 126 valence electrons. The zero-order chi connectivity index (χ0) is 17.6. The third-order valence-corrected chi connectivity index (χ3v) is 4.03. The second kappa shape index (κ2) is 7.77. The Hall–Kier alpha value is -2.92. The molecule has 3 N–H and O–H groups in total. The fourth-order valence-corrected chi connectivity index (χ4v) is 2.59. The van der Waals surface area contributed by atoms with Crippen molar-refractivity contribution in [1.82, 2.24) is 10.3 Å². The van der Waals surface area contributed by atoms with Crippen molar-refractivity contribution in [3.63, 3.8) is 0 Å². The normalized spacial score (nSPS) is 10.3. The fourth-order valence-electron chi connectivity index (χ4n) is 2.35. The molecule has 0 unspecified atom stereocenters. The summed E-state index contributed by atoms with van der Waals surface area (Å²) in [6.07, 6.45) is 0. The first-order chi connectivity index (χ1) is 12.1. The Balaban J connectivity index is 1.59. The first-order valence-electron chi connectivity index (χ1n) is 7.95. The molecule has 0 saturated heterocycles. The van der Waals surface area contributed by atoms with E-state index in [2.05, 4.69) is 10.3 Å². The van der Waals surface area contributed by atoms with Crippen LogP contribution in [0.2, 0.25) is 0 Å². The van der Waals surface area contributed by atoms with E-state index in [0.29, 0.717) is 17.4 Å². The number of nitrogens with zero attached hydrogens (tertiary/aromatic N) is 1. The number of hydrogen-bond donors (Lipinski definition) is 2. The van der Waals surface area contributed by atoms with Crippen LogP contribution in [-0.2, 0) is 6.54 Å². The average molecular weight is 349 g/mol. The lowest BCUT2D eigenvalue weighted by molar-refractivity contribution is 0.482. The Morgan fingerprint density at radius 1 is 1.00 bits per heavy atom. The predicted octanol–water partition coefficient (Wildman–Crippen LogP) is 4.23. The maximum atomic E-state index is 5.93. The molecule has 0 amide bonds. The molecular weight excluding hydrogens is 330 g/mol. The molecular formula is C20H19N3OS. The molecule has 3 aromatic rings. The number of anilines is 1. The molecule has 0 atom stereocenters. The summed E-state index contributed by atoms with van der Waals surface area (Å²) in [5.74, 6) is 2.06. The van der Waals surface area contributed by atoms with Crippen molar-refractivity contribution in [2.75, 3.05) is 5.73 Å². The molecule has 5 heteroatoms. The summed E-state index contributed by atoms with van der Waals surface area (Å²) in [5.41, 5.74) is 8.66. The standard InChI is InChI=1S/C20H19N3OS/c1-14-7-12-18(19(21)23-14)20(25)22-13-15-8-10-17(11-9-15)24-16-5-3-2-4-6-16/h2-12H,13H2,1H3,(H2,21,23)(H,22,25). The topological polar surface area (TPSA) is 60.2 Å². The maximum Gasteiger partial charge on any atom is 0.133 e. The number of nitrogens with two attached hydrogens (primary N) is 1. The minimum Gasteiger partial charge on any atom is -0.457 e.